The summed E-state index contributed by atoms with van der Waals surface area (Å²) >= 11 is 1.54. The van der Waals surface area contributed by atoms with E-state index >= 15 is 0 Å². The summed E-state index contributed by atoms with van der Waals surface area (Å²) in [6.45, 7) is 2.01. The van der Waals surface area contributed by atoms with Gasteiger partial charge in [-0.05, 0) is 87.4 Å². The molecule has 1 aliphatic rings. The third kappa shape index (κ3) is 9.34. The molecule has 1 aliphatic carbocycles. The average Bonchev–Trinajstić information content (AvgIpc) is 2.92. The molecule has 38 heavy (non-hydrogen) atoms. The predicted molar refractivity (Wildman–Crippen MR) is 157 cm³/mol. The summed E-state index contributed by atoms with van der Waals surface area (Å²) in [5.74, 6) is 0.165. The van der Waals surface area contributed by atoms with E-state index in [1.807, 2.05) is 13.2 Å². The second-order valence-corrected chi connectivity index (χ2v) is 12.3. The lowest BCUT2D eigenvalue weighted by atomic mass is 10.00. The second kappa shape index (κ2) is 15.8. The van der Waals surface area contributed by atoms with E-state index in [1.54, 1.807) is 48.5 Å². The lowest BCUT2D eigenvalue weighted by Crippen LogP contribution is -2.39. The minimum absolute atomic E-state index is 0.127. The summed E-state index contributed by atoms with van der Waals surface area (Å²) in [6.07, 6.45) is 14.5. The first-order valence-electron chi connectivity index (χ1n) is 13.7. The Morgan fingerprint density at radius 2 is 1.45 bits per heavy atom. The summed E-state index contributed by atoms with van der Waals surface area (Å²) in [5.41, 5.74) is 4.03. The molecule has 0 aromatic heterocycles. The number of sulfonamides is 1. The maximum atomic E-state index is 13.7. The van der Waals surface area contributed by atoms with E-state index in [0.717, 1.165) is 40.6 Å². The minimum Gasteiger partial charge on any atom is -0.494 e. The van der Waals surface area contributed by atoms with E-state index in [1.165, 1.54) is 56.7 Å². The molecule has 9 heteroatoms. The number of carbonyl (C=O) groups is 1. The highest BCUT2D eigenvalue weighted by Gasteiger charge is 2.27. The summed E-state index contributed by atoms with van der Waals surface area (Å²) in [7, 11) is -4.00. The van der Waals surface area contributed by atoms with Gasteiger partial charge >= 0.3 is 0 Å². The Bertz CT molecular complexity index is 1120. The van der Waals surface area contributed by atoms with Crippen LogP contribution in [0.2, 0.25) is 0 Å². The van der Waals surface area contributed by atoms with Crippen LogP contribution in [0.4, 0.5) is 5.69 Å². The molecule has 0 spiro atoms. The van der Waals surface area contributed by atoms with Crippen LogP contribution in [0.3, 0.4) is 0 Å². The Hall–Kier alpha value is -2.52. The molecule has 2 aromatic rings. The molecule has 0 unspecified atom stereocenters. The number of nitrogens with one attached hydrogen (secondary N) is 1. The van der Waals surface area contributed by atoms with Gasteiger partial charge in [0, 0.05) is 10.6 Å². The number of carbonyl (C=O) groups excluding carboxylic acids is 1. The van der Waals surface area contributed by atoms with Gasteiger partial charge in [0.1, 0.15) is 12.3 Å². The van der Waals surface area contributed by atoms with Gasteiger partial charge in [0.2, 0.25) is 0 Å². The van der Waals surface area contributed by atoms with Crippen molar-refractivity contribution in [2.24, 2.45) is 5.10 Å². The summed E-state index contributed by atoms with van der Waals surface area (Å²) < 4.78 is 34.0. The zero-order valence-corrected chi connectivity index (χ0v) is 24.3. The van der Waals surface area contributed by atoms with Crippen molar-refractivity contribution in [2.75, 3.05) is 23.7 Å². The standard InChI is InChI=1S/C29H41N3O4S2/c1-3-36-26-17-15-25(16-18-26)32(38(34,35)28-21-19-27(37-2)20-22-28)23-29(33)31-30-24-13-11-9-7-5-4-6-8-10-12-14-24/h15-22H,3-14,23H2,1-2H3,(H,31,33). The monoisotopic (exact) mass is 559 g/mol. The van der Waals surface area contributed by atoms with Crippen LogP contribution in [0.5, 0.6) is 5.75 Å². The number of nitrogens with zero attached hydrogens (tertiary/aromatic N) is 2. The molecule has 0 atom stereocenters. The van der Waals surface area contributed by atoms with Crippen LogP contribution in [0.25, 0.3) is 0 Å². The fourth-order valence-corrected chi connectivity index (χ4v) is 6.33. The molecule has 0 aliphatic heterocycles. The van der Waals surface area contributed by atoms with Crippen LogP contribution < -0.4 is 14.5 Å². The number of hydrogen-bond donors (Lipinski definition) is 1. The van der Waals surface area contributed by atoms with Crippen LogP contribution in [0, 0.1) is 0 Å². The molecule has 1 fully saturated rings. The van der Waals surface area contributed by atoms with E-state index in [9.17, 15) is 13.2 Å². The quantitative estimate of drug-likeness (QED) is 0.270. The number of hydrazone groups is 1. The van der Waals surface area contributed by atoms with Crippen molar-refractivity contribution in [1.82, 2.24) is 5.43 Å². The molecular weight excluding hydrogens is 518 g/mol. The highest BCUT2D eigenvalue weighted by atomic mass is 32.2. The van der Waals surface area contributed by atoms with Gasteiger partial charge in [-0.1, -0.05) is 44.9 Å². The van der Waals surface area contributed by atoms with Gasteiger partial charge in [-0.2, -0.15) is 5.10 Å². The predicted octanol–water partition coefficient (Wildman–Crippen LogP) is 6.78. The molecule has 2 aromatic carbocycles. The van der Waals surface area contributed by atoms with Crippen molar-refractivity contribution >= 4 is 39.1 Å². The van der Waals surface area contributed by atoms with E-state index in [0.29, 0.717) is 18.0 Å². The first-order valence-corrected chi connectivity index (χ1v) is 16.3. The molecule has 7 nitrogen and oxygen atoms in total. The fourth-order valence-electron chi connectivity index (χ4n) is 4.50. The van der Waals surface area contributed by atoms with Crippen LogP contribution in [0.1, 0.15) is 77.6 Å². The van der Waals surface area contributed by atoms with E-state index in [2.05, 4.69) is 10.5 Å². The van der Waals surface area contributed by atoms with Crippen LogP contribution in [-0.2, 0) is 14.8 Å². The van der Waals surface area contributed by atoms with E-state index in [-0.39, 0.29) is 11.4 Å². The SMILES string of the molecule is CCOc1ccc(N(CC(=O)NN=C2CCCCCCCCCCC2)S(=O)(=O)c2ccc(SC)cc2)cc1. The maximum Gasteiger partial charge on any atom is 0.264 e. The van der Waals surface area contributed by atoms with Crippen LogP contribution in [0.15, 0.2) is 63.4 Å². The van der Waals surface area contributed by atoms with Gasteiger partial charge in [-0.15, -0.1) is 11.8 Å². The van der Waals surface area contributed by atoms with Gasteiger partial charge in [0.25, 0.3) is 15.9 Å². The molecule has 3 rings (SSSR count). The molecule has 208 valence electrons. The fraction of sp³-hybridized carbons (Fsp3) is 0.517. The van der Waals surface area contributed by atoms with Crippen molar-refractivity contribution in [3.8, 4) is 5.75 Å². The van der Waals surface area contributed by atoms with Crippen LogP contribution >= 0.6 is 11.8 Å². The Kier molecular flexibility index (Phi) is 12.5. The van der Waals surface area contributed by atoms with Crippen molar-refractivity contribution < 1.29 is 17.9 Å². The number of rotatable bonds is 9. The molecule has 1 saturated carbocycles. The van der Waals surface area contributed by atoms with E-state index in [4.69, 9.17) is 4.74 Å². The lowest BCUT2D eigenvalue weighted by Gasteiger charge is -2.24. The molecular formula is C29H41N3O4S2. The Morgan fingerprint density at radius 1 is 0.895 bits per heavy atom. The molecule has 0 radical (unpaired) electrons. The van der Waals surface area contributed by atoms with Gasteiger partial charge in [0.15, 0.2) is 0 Å². The Morgan fingerprint density at radius 3 is 1.97 bits per heavy atom. The maximum absolute atomic E-state index is 13.7. The smallest absolute Gasteiger partial charge is 0.264 e. The molecule has 1 amide bonds. The van der Waals surface area contributed by atoms with Crippen molar-refractivity contribution in [2.45, 2.75) is 87.3 Å². The molecule has 0 bridgehead atoms. The number of benzene rings is 2. The topological polar surface area (TPSA) is 88.1 Å². The van der Waals surface area contributed by atoms with Crippen molar-refractivity contribution in [3.63, 3.8) is 0 Å². The zero-order chi connectivity index (χ0) is 27.2. The van der Waals surface area contributed by atoms with E-state index < -0.39 is 15.9 Å². The van der Waals surface area contributed by atoms with Gasteiger partial charge in [-0.25, -0.2) is 13.8 Å². The number of ether oxygens (including phenoxy) is 1. The summed E-state index contributed by atoms with van der Waals surface area (Å²) in [4.78, 5) is 14.1. The molecule has 0 saturated heterocycles. The number of amides is 1. The Balaban J connectivity index is 1.78. The first-order chi connectivity index (χ1) is 18.4. The number of thioether (sulfide) groups is 1. The number of anilines is 1. The summed E-state index contributed by atoms with van der Waals surface area (Å²) in [6, 6.07) is 13.4. The average molecular weight is 560 g/mol. The first kappa shape index (κ1) is 30.0. The summed E-state index contributed by atoms with van der Waals surface area (Å²) in [5, 5.41) is 4.45. The molecule has 1 N–H and O–H groups in total. The minimum atomic E-state index is -4.00. The van der Waals surface area contributed by atoms with Gasteiger partial charge < -0.3 is 4.74 Å². The zero-order valence-electron chi connectivity index (χ0n) is 22.7. The van der Waals surface area contributed by atoms with Gasteiger partial charge in [-0.3, -0.25) is 9.10 Å². The third-order valence-electron chi connectivity index (χ3n) is 6.64. The third-order valence-corrected chi connectivity index (χ3v) is 9.17. The highest BCUT2D eigenvalue weighted by molar-refractivity contribution is 7.98. The number of hydrogen-bond acceptors (Lipinski definition) is 6. The van der Waals surface area contributed by atoms with Crippen LogP contribution in [-0.4, -0.2) is 39.4 Å². The van der Waals surface area contributed by atoms with Crippen molar-refractivity contribution in [1.29, 1.82) is 0 Å². The second-order valence-electron chi connectivity index (χ2n) is 9.51. The normalized spacial score (nSPS) is 15.6. The highest BCUT2D eigenvalue weighted by Crippen LogP contribution is 2.27. The Labute approximate surface area is 232 Å². The van der Waals surface area contributed by atoms with Gasteiger partial charge in [0.05, 0.1) is 17.2 Å². The molecule has 0 heterocycles. The lowest BCUT2D eigenvalue weighted by molar-refractivity contribution is -0.119. The van der Waals surface area contributed by atoms with Crippen molar-refractivity contribution in [3.05, 3.63) is 48.5 Å². The largest absolute Gasteiger partial charge is 0.494 e.